The van der Waals surface area contributed by atoms with E-state index in [0.717, 1.165) is 12.0 Å². The zero-order valence-electron chi connectivity index (χ0n) is 17.5. The molecule has 1 aliphatic heterocycles. The van der Waals surface area contributed by atoms with E-state index in [9.17, 15) is 9.59 Å². The van der Waals surface area contributed by atoms with Gasteiger partial charge in [-0.3, -0.25) is 9.59 Å². The minimum Gasteiger partial charge on any atom is -0.492 e. The summed E-state index contributed by atoms with van der Waals surface area (Å²) < 4.78 is 11.2. The topological polar surface area (TPSA) is 55.8 Å². The molecule has 0 radical (unpaired) electrons. The number of benzene rings is 3. The predicted octanol–water partition coefficient (Wildman–Crippen LogP) is 4.63. The highest BCUT2D eigenvalue weighted by Gasteiger charge is 2.37. The van der Waals surface area contributed by atoms with E-state index in [1.165, 1.54) is 5.56 Å². The van der Waals surface area contributed by atoms with Crippen LogP contribution in [0, 0.1) is 5.92 Å². The molecule has 3 aromatic carbocycles. The molecule has 1 heterocycles. The van der Waals surface area contributed by atoms with Crippen LogP contribution >= 0.6 is 0 Å². The summed E-state index contributed by atoms with van der Waals surface area (Å²) in [7, 11) is 0. The second-order valence-electron chi connectivity index (χ2n) is 7.53. The summed E-state index contributed by atoms with van der Waals surface area (Å²) in [6.45, 7) is 2.69. The number of carbonyl (C=O) groups is 2. The number of anilines is 1. The van der Waals surface area contributed by atoms with Crippen molar-refractivity contribution in [1.29, 1.82) is 0 Å². The second kappa shape index (κ2) is 9.47. The van der Waals surface area contributed by atoms with Gasteiger partial charge < -0.3 is 14.4 Å². The van der Waals surface area contributed by atoms with Crippen LogP contribution in [0.2, 0.25) is 0 Å². The summed E-state index contributed by atoms with van der Waals surface area (Å²) in [5, 5.41) is 0. The van der Waals surface area contributed by atoms with E-state index in [1.54, 1.807) is 17.0 Å². The van der Waals surface area contributed by atoms with Crippen molar-refractivity contribution < 1.29 is 19.1 Å². The molecule has 1 fully saturated rings. The molecule has 0 spiro atoms. The number of ether oxygens (including phenoxy) is 2. The van der Waals surface area contributed by atoms with Crippen molar-refractivity contribution in [2.24, 2.45) is 5.92 Å². The van der Waals surface area contributed by atoms with E-state index < -0.39 is 5.92 Å². The van der Waals surface area contributed by atoms with Crippen molar-refractivity contribution in [2.45, 2.75) is 19.8 Å². The normalized spacial score (nSPS) is 15.7. The Kier molecular flexibility index (Phi) is 6.32. The first-order valence-electron chi connectivity index (χ1n) is 10.5. The van der Waals surface area contributed by atoms with Gasteiger partial charge in [-0.05, 0) is 48.7 Å². The molecule has 3 aromatic rings. The Morgan fingerprint density at radius 1 is 0.935 bits per heavy atom. The fourth-order valence-electron chi connectivity index (χ4n) is 3.76. The van der Waals surface area contributed by atoms with Crippen LogP contribution in [0.15, 0.2) is 78.9 Å². The van der Waals surface area contributed by atoms with Gasteiger partial charge in [0.25, 0.3) is 0 Å². The smallest absolute Gasteiger partial charge is 0.316 e. The number of carbonyl (C=O) groups excluding carboxylic acids is 2. The standard InChI is InChI=1S/C26H25NO4/c1-2-30-24-11-7-6-10-23(24)27-18-21(17-25(27)28)26(29)31-22-14-12-20(13-15-22)16-19-8-4-3-5-9-19/h3-15,21H,2,16-18H2,1H3/t21-/m0/s1. The third-order valence-corrected chi connectivity index (χ3v) is 5.31. The van der Waals surface area contributed by atoms with Gasteiger partial charge in [0.15, 0.2) is 0 Å². The molecule has 0 bridgehead atoms. The maximum absolute atomic E-state index is 12.7. The first-order chi connectivity index (χ1) is 15.1. The molecule has 1 aliphatic rings. The molecular formula is C26H25NO4. The lowest BCUT2D eigenvalue weighted by Crippen LogP contribution is -2.27. The van der Waals surface area contributed by atoms with E-state index in [1.807, 2.05) is 61.5 Å². The van der Waals surface area contributed by atoms with Gasteiger partial charge >= 0.3 is 5.97 Å². The molecule has 31 heavy (non-hydrogen) atoms. The monoisotopic (exact) mass is 415 g/mol. The minimum absolute atomic E-state index is 0.104. The number of amides is 1. The third-order valence-electron chi connectivity index (χ3n) is 5.31. The van der Waals surface area contributed by atoms with Crippen LogP contribution in [0.4, 0.5) is 5.69 Å². The maximum atomic E-state index is 12.7. The summed E-state index contributed by atoms with van der Waals surface area (Å²) in [4.78, 5) is 26.9. The van der Waals surface area contributed by atoms with Gasteiger partial charge in [-0.2, -0.15) is 0 Å². The SMILES string of the molecule is CCOc1ccccc1N1C[C@@H](C(=O)Oc2ccc(Cc3ccccc3)cc2)CC1=O. The van der Waals surface area contributed by atoms with Crippen molar-refractivity contribution in [3.63, 3.8) is 0 Å². The number of hydrogen-bond acceptors (Lipinski definition) is 4. The van der Waals surface area contributed by atoms with Crippen molar-refractivity contribution in [1.82, 2.24) is 0 Å². The van der Waals surface area contributed by atoms with E-state index in [2.05, 4.69) is 12.1 Å². The highest BCUT2D eigenvalue weighted by molar-refractivity contribution is 6.00. The lowest BCUT2D eigenvalue weighted by Gasteiger charge is -2.20. The minimum atomic E-state index is -0.508. The van der Waals surface area contributed by atoms with E-state index in [-0.39, 0.29) is 24.8 Å². The summed E-state index contributed by atoms with van der Waals surface area (Å²) in [5.74, 6) is 0.128. The van der Waals surface area contributed by atoms with Gasteiger partial charge in [-0.15, -0.1) is 0 Å². The van der Waals surface area contributed by atoms with Crippen molar-refractivity contribution in [3.05, 3.63) is 90.0 Å². The first-order valence-corrected chi connectivity index (χ1v) is 10.5. The molecule has 0 aliphatic carbocycles. The predicted molar refractivity (Wildman–Crippen MR) is 119 cm³/mol. The maximum Gasteiger partial charge on any atom is 0.316 e. The van der Waals surface area contributed by atoms with Crippen LogP contribution in [-0.2, 0) is 16.0 Å². The molecule has 5 heteroatoms. The van der Waals surface area contributed by atoms with E-state index in [0.29, 0.717) is 23.8 Å². The molecule has 0 unspecified atom stereocenters. The van der Waals surface area contributed by atoms with Crippen LogP contribution in [0.1, 0.15) is 24.5 Å². The van der Waals surface area contributed by atoms with Crippen LogP contribution in [0.25, 0.3) is 0 Å². The number of para-hydroxylation sites is 2. The Hall–Kier alpha value is -3.60. The molecule has 0 aromatic heterocycles. The highest BCUT2D eigenvalue weighted by Crippen LogP contribution is 2.33. The van der Waals surface area contributed by atoms with Crippen LogP contribution < -0.4 is 14.4 Å². The summed E-state index contributed by atoms with van der Waals surface area (Å²) in [5.41, 5.74) is 3.06. The van der Waals surface area contributed by atoms with Gasteiger partial charge in [-0.25, -0.2) is 0 Å². The lowest BCUT2D eigenvalue weighted by molar-refractivity contribution is -0.139. The quantitative estimate of drug-likeness (QED) is 0.417. The lowest BCUT2D eigenvalue weighted by atomic mass is 10.1. The van der Waals surface area contributed by atoms with Gasteiger partial charge in [0.2, 0.25) is 5.91 Å². The molecule has 1 saturated heterocycles. The Labute approximate surface area is 182 Å². The molecular weight excluding hydrogens is 390 g/mol. The highest BCUT2D eigenvalue weighted by atomic mass is 16.5. The Bertz CT molecular complexity index is 1050. The Morgan fingerprint density at radius 3 is 2.35 bits per heavy atom. The van der Waals surface area contributed by atoms with Crippen molar-refractivity contribution in [2.75, 3.05) is 18.1 Å². The van der Waals surface area contributed by atoms with E-state index >= 15 is 0 Å². The molecule has 1 amide bonds. The van der Waals surface area contributed by atoms with Gasteiger partial charge in [0.1, 0.15) is 11.5 Å². The van der Waals surface area contributed by atoms with Gasteiger partial charge in [-0.1, -0.05) is 54.6 Å². The molecule has 158 valence electrons. The fraction of sp³-hybridized carbons (Fsp3) is 0.231. The van der Waals surface area contributed by atoms with Gasteiger partial charge in [0.05, 0.1) is 18.2 Å². The second-order valence-corrected chi connectivity index (χ2v) is 7.53. The molecule has 5 nitrogen and oxygen atoms in total. The molecule has 1 atom stereocenters. The van der Waals surface area contributed by atoms with Crippen molar-refractivity contribution in [3.8, 4) is 11.5 Å². The largest absolute Gasteiger partial charge is 0.492 e. The number of esters is 1. The zero-order chi connectivity index (χ0) is 21.6. The summed E-state index contributed by atoms with van der Waals surface area (Å²) >= 11 is 0. The Morgan fingerprint density at radius 2 is 1.61 bits per heavy atom. The number of hydrogen-bond donors (Lipinski definition) is 0. The average molecular weight is 415 g/mol. The zero-order valence-corrected chi connectivity index (χ0v) is 17.5. The Balaban J connectivity index is 1.39. The summed E-state index contributed by atoms with van der Waals surface area (Å²) in [6.07, 6.45) is 0.950. The molecule has 4 rings (SSSR count). The van der Waals surface area contributed by atoms with Crippen LogP contribution in [0.5, 0.6) is 11.5 Å². The summed E-state index contributed by atoms with van der Waals surface area (Å²) in [6, 6.07) is 25.1. The fourth-order valence-corrected chi connectivity index (χ4v) is 3.76. The number of rotatable bonds is 7. The van der Waals surface area contributed by atoms with Crippen molar-refractivity contribution >= 4 is 17.6 Å². The van der Waals surface area contributed by atoms with E-state index in [4.69, 9.17) is 9.47 Å². The van der Waals surface area contributed by atoms with Gasteiger partial charge in [0, 0.05) is 13.0 Å². The molecule has 0 N–H and O–H groups in total. The van der Waals surface area contributed by atoms with Crippen LogP contribution in [-0.4, -0.2) is 25.0 Å². The van der Waals surface area contributed by atoms with Crippen LogP contribution in [0.3, 0.4) is 0 Å². The number of nitrogens with zero attached hydrogens (tertiary/aromatic N) is 1. The third kappa shape index (κ3) is 4.94. The molecule has 0 saturated carbocycles. The average Bonchev–Trinajstić information content (AvgIpc) is 3.18. The first kappa shape index (κ1) is 20.7.